The largest absolute Gasteiger partial charge is 0.478 e. The number of aromatic carboxylic acids is 2. The molecule has 0 heterocycles. The molecule has 0 saturated heterocycles. The first-order valence-corrected chi connectivity index (χ1v) is 9.32. The highest BCUT2D eigenvalue weighted by atomic mass is 79.9. The molecule has 25 heavy (non-hydrogen) atoms. The Hall–Kier alpha value is -2.14. The first-order chi connectivity index (χ1) is 11.9. The third kappa shape index (κ3) is 3.76. The Labute approximate surface area is 154 Å². The van der Waals surface area contributed by atoms with Gasteiger partial charge in [-0.3, -0.25) is 0 Å². The minimum absolute atomic E-state index is 0.0100. The molecule has 1 saturated carbocycles. The standard InChI is InChI=1S/C20H19BrO4/c21-9-8-20(6-7-20)16-3-1-2-13(11-16)10-14-4-5-15(18(22)23)12-17(14)19(24)25/h1-5,11-12H,6-10H2,(H,22,23)(H,24,25). The highest BCUT2D eigenvalue weighted by Crippen LogP contribution is 2.51. The van der Waals surface area contributed by atoms with Crippen LogP contribution < -0.4 is 0 Å². The second-order valence-corrected chi connectivity index (χ2v) is 7.37. The van der Waals surface area contributed by atoms with Crippen molar-refractivity contribution in [2.75, 3.05) is 5.33 Å². The fourth-order valence-electron chi connectivity index (χ4n) is 3.31. The molecule has 0 aromatic heterocycles. The van der Waals surface area contributed by atoms with Gasteiger partial charge in [-0.1, -0.05) is 46.3 Å². The van der Waals surface area contributed by atoms with Gasteiger partial charge in [0.2, 0.25) is 0 Å². The van der Waals surface area contributed by atoms with Crippen LogP contribution in [0.4, 0.5) is 0 Å². The normalized spacial score (nSPS) is 14.9. The molecule has 0 bridgehead atoms. The number of carbonyl (C=O) groups is 2. The number of halogens is 1. The average Bonchev–Trinajstić information content (AvgIpc) is 3.36. The molecule has 2 aromatic carbocycles. The molecule has 0 aliphatic heterocycles. The van der Waals surface area contributed by atoms with E-state index in [4.69, 9.17) is 5.11 Å². The number of rotatable bonds is 7. The fourth-order valence-corrected chi connectivity index (χ4v) is 4.07. The highest BCUT2D eigenvalue weighted by Gasteiger charge is 2.43. The van der Waals surface area contributed by atoms with Crippen LogP contribution in [0.5, 0.6) is 0 Å². The molecule has 1 fully saturated rings. The number of carboxylic acids is 2. The van der Waals surface area contributed by atoms with E-state index in [-0.39, 0.29) is 16.5 Å². The second kappa shape index (κ2) is 7.00. The van der Waals surface area contributed by atoms with Crippen LogP contribution >= 0.6 is 15.9 Å². The Morgan fingerprint density at radius 1 is 1.04 bits per heavy atom. The van der Waals surface area contributed by atoms with Crippen molar-refractivity contribution in [3.05, 3.63) is 70.3 Å². The van der Waals surface area contributed by atoms with Gasteiger partial charge in [0.1, 0.15) is 0 Å². The van der Waals surface area contributed by atoms with Gasteiger partial charge >= 0.3 is 11.9 Å². The van der Waals surface area contributed by atoms with Crippen molar-refractivity contribution < 1.29 is 19.8 Å². The van der Waals surface area contributed by atoms with E-state index in [2.05, 4.69) is 28.1 Å². The lowest BCUT2D eigenvalue weighted by molar-refractivity contribution is 0.0695. The van der Waals surface area contributed by atoms with Crippen molar-refractivity contribution in [2.45, 2.75) is 31.1 Å². The van der Waals surface area contributed by atoms with E-state index in [0.717, 1.165) is 17.3 Å². The van der Waals surface area contributed by atoms with Crippen LogP contribution in [0, 0.1) is 0 Å². The molecule has 1 aliphatic rings. The van der Waals surface area contributed by atoms with Crippen LogP contribution in [0.1, 0.15) is 56.7 Å². The monoisotopic (exact) mass is 402 g/mol. The SMILES string of the molecule is O=C(O)c1ccc(Cc2cccc(C3(CCBr)CC3)c2)c(C(=O)O)c1. The summed E-state index contributed by atoms with van der Waals surface area (Å²) in [5.41, 5.74) is 3.28. The Balaban J connectivity index is 1.90. The maximum Gasteiger partial charge on any atom is 0.336 e. The van der Waals surface area contributed by atoms with Crippen LogP contribution in [0.15, 0.2) is 42.5 Å². The van der Waals surface area contributed by atoms with E-state index < -0.39 is 11.9 Å². The van der Waals surface area contributed by atoms with E-state index in [1.54, 1.807) is 6.07 Å². The van der Waals surface area contributed by atoms with Crippen LogP contribution in [-0.4, -0.2) is 27.5 Å². The van der Waals surface area contributed by atoms with Crippen molar-refractivity contribution in [1.82, 2.24) is 0 Å². The van der Waals surface area contributed by atoms with Gasteiger partial charge in [-0.05, 0) is 59.9 Å². The molecule has 0 radical (unpaired) electrons. The van der Waals surface area contributed by atoms with Crippen LogP contribution in [0.2, 0.25) is 0 Å². The molecular formula is C20H19BrO4. The van der Waals surface area contributed by atoms with E-state index in [0.29, 0.717) is 12.0 Å². The Morgan fingerprint density at radius 3 is 2.40 bits per heavy atom. The lowest BCUT2D eigenvalue weighted by atomic mass is 9.90. The molecule has 0 amide bonds. The molecule has 0 unspecified atom stereocenters. The second-order valence-electron chi connectivity index (χ2n) is 6.58. The lowest BCUT2D eigenvalue weighted by Crippen LogP contribution is -2.09. The molecular weight excluding hydrogens is 384 g/mol. The van der Waals surface area contributed by atoms with Gasteiger partial charge in [0, 0.05) is 5.33 Å². The van der Waals surface area contributed by atoms with E-state index >= 15 is 0 Å². The maximum atomic E-state index is 11.5. The number of hydrogen-bond acceptors (Lipinski definition) is 2. The maximum absolute atomic E-state index is 11.5. The third-order valence-electron chi connectivity index (χ3n) is 4.95. The Morgan fingerprint density at radius 2 is 1.80 bits per heavy atom. The molecule has 4 nitrogen and oxygen atoms in total. The molecule has 2 aromatic rings. The lowest BCUT2D eigenvalue weighted by Gasteiger charge is -2.16. The van der Waals surface area contributed by atoms with Gasteiger partial charge < -0.3 is 10.2 Å². The van der Waals surface area contributed by atoms with E-state index in [1.165, 1.54) is 30.5 Å². The molecule has 1 aliphatic carbocycles. The summed E-state index contributed by atoms with van der Waals surface area (Å²) in [5, 5.41) is 19.4. The van der Waals surface area contributed by atoms with Gasteiger partial charge in [-0.15, -0.1) is 0 Å². The van der Waals surface area contributed by atoms with Gasteiger partial charge in [0.15, 0.2) is 0 Å². The molecule has 5 heteroatoms. The van der Waals surface area contributed by atoms with Crippen LogP contribution in [0.3, 0.4) is 0 Å². The van der Waals surface area contributed by atoms with Crippen molar-refractivity contribution in [3.63, 3.8) is 0 Å². The minimum atomic E-state index is -1.12. The third-order valence-corrected chi connectivity index (χ3v) is 5.34. The van der Waals surface area contributed by atoms with Gasteiger partial charge in [-0.2, -0.15) is 0 Å². The zero-order valence-corrected chi connectivity index (χ0v) is 15.3. The van der Waals surface area contributed by atoms with Gasteiger partial charge in [-0.25, -0.2) is 9.59 Å². The summed E-state index contributed by atoms with van der Waals surface area (Å²) in [6.07, 6.45) is 3.95. The summed E-state index contributed by atoms with van der Waals surface area (Å²) in [5.74, 6) is -2.23. The smallest absolute Gasteiger partial charge is 0.336 e. The summed E-state index contributed by atoms with van der Waals surface area (Å²) in [4.78, 5) is 22.6. The Bertz CT molecular complexity index is 824. The van der Waals surface area contributed by atoms with Crippen LogP contribution in [-0.2, 0) is 11.8 Å². The quantitative estimate of drug-likeness (QED) is 0.668. The summed E-state index contributed by atoms with van der Waals surface area (Å²) < 4.78 is 0. The molecule has 3 rings (SSSR count). The average molecular weight is 403 g/mol. The zero-order valence-electron chi connectivity index (χ0n) is 13.7. The van der Waals surface area contributed by atoms with Gasteiger partial charge in [0.05, 0.1) is 11.1 Å². The number of alkyl halides is 1. The predicted molar refractivity (Wildman–Crippen MR) is 98.9 cm³/mol. The molecule has 130 valence electrons. The topological polar surface area (TPSA) is 74.6 Å². The van der Waals surface area contributed by atoms with Gasteiger partial charge in [0.25, 0.3) is 0 Å². The predicted octanol–water partition coefficient (Wildman–Crippen LogP) is 4.49. The fraction of sp³-hybridized carbons (Fsp3) is 0.300. The molecule has 2 N–H and O–H groups in total. The molecule has 0 spiro atoms. The first kappa shape index (κ1) is 17.7. The summed E-state index contributed by atoms with van der Waals surface area (Å²) >= 11 is 3.53. The number of carboxylic acid groups (broad SMARTS) is 2. The van der Waals surface area contributed by atoms with Crippen molar-refractivity contribution in [1.29, 1.82) is 0 Å². The summed E-state index contributed by atoms with van der Waals surface area (Å²) in [6, 6.07) is 12.6. The van der Waals surface area contributed by atoms with E-state index in [9.17, 15) is 14.7 Å². The van der Waals surface area contributed by atoms with Crippen molar-refractivity contribution >= 4 is 27.9 Å². The zero-order chi connectivity index (χ0) is 18.0. The highest BCUT2D eigenvalue weighted by molar-refractivity contribution is 9.09. The number of hydrogen-bond donors (Lipinski definition) is 2. The van der Waals surface area contributed by atoms with E-state index in [1.807, 2.05) is 12.1 Å². The van der Waals surface area contributed by atoms with Crippen molar-refractivity contribution in [3.8, 4) is 0 Å². The minimum Gasteiger partial charge on any atom is -0.478 e. The summed E-state index contributed by atoms with van der Waals surface area (Å²) in [6.45, 7) is 0. The number of benzene rings is 2. The Kier molecular flexibility index (Phi) is 4.95. The van der Waals surface area contributed by atoms with Crippen molar-refractivity contribution in [2.24, 2.45) is 0 Å². The molecule has 0 atom stereocenters. The first-order valence-electron chi connectivity index (χ1n) is 8.20. The van der Waals surface area contributed by atoms with Crippen LogP contribution in [0.25, 0.3) is 0 Å². The summed E-state index contributed by atoms with van der Waals surface area (Å²) in [7, 11) is 0.